The maximum absolute atomic E-state index is 13.4. The molecule has 4 rings (SSSR count). The van der Waals surface area contributed by atoms with E-state index in [1.54, 1.807) is 44.9 Å². The molecule has 2 heterocycles. The van der Waals surface area contributed by atoms with E-state index < -0.39 is 11.7 Å². The zero-order valence-electron chi connectivity index (χ0n) is 19.7. The molecular weight excluding hydrogens is 432 g/mol. The highest BCUT2D eigenvalue weighted by atomic mass is 16.6. The van der Waals surface area contributed by atoms with Gasteiger partial charge in [-0.3, -0.25) is 10.1 Å². The quantitative estimate of drug-likeness (QED) is 0.534. The first-order valence-electron chi connectivity index (χ1n) is 11.0. The molecule has 34 heavy (non-hydrogen) atoms. The van der Waals surface area contributed by atoms with E-state index in [0.29, 0.717) is 36.0 Å². The van der Waals surface area contributed by atoms with Crippen molar-refractivity contribution < 1.29 is 19.1 Å². The number of nitrogens with zero attached hydrogens (tertiary/aromatic N) is 2. The highest BCUT2D eigenvalue weighted by Gasteiger charge is 2.26. The third kappa shape index (κ3) is 5.46. The average molecular weight is 461 g/mol. The molecule has 8 heteroatoms. The Hall–Kier alpha value is -4.07. The number of carbonyl (C=O) groups excluding carboxylic acids is 2. The number of nitrogens with one attached hydrogen (secondary N) is 2. The van der Waals surface area contributed by atoms with E-state index in [1.807, 2.05) is 48.5 Å². The van der Waals surface area contributed by atoms with Gasteiger partial charge in [-0.25, -0.2) is 9.78 Å². The van der Waals surface area contributed by atoms with E-state index in [1.165, 1.54) is 0 Å². The Kier molecular flexibility index (Phi) is 6.40. The second-order valence-corrected chi connectivity index (χ2v) is 9.01. The van der Waals surface area contributed by atoms with Crippen molar-refractivity contribution >= 4 is 29.2 Å². The number of anilines is 3. The SMILES string of the molecule is COc1ccccc1Nc1cc(NC(=O)OC(C)(C)C)cc(C(=O)N2Cc3ccccc3C2)n1. The van der Waals surface area contributed by atoms with Gasteiger partial charge in [-0.15, -0.1) is 0 Å². The molecule has 0 saturated heterocycles. The second kappa shape index (κ2) is 9.43. The van der Waals surface area contributed by atoms with Gasteiger partial charge >= 0.3 is 6.09 Å². The minimum absolute atomic E-state index is 0.207. The van der Waals surface area contributed by atoms with Gasteiger partial charge in [0, 0.05) is 19.2 Å². The third-order valence-corrected chi connectivity index (χ3v) is 5.19. The Morgan fingerprint density at radius 3 is 2.26 bits per heavy atom. The molecule has 0 bridgehead atoms. The summed E-state index contributed by atoms with van der Waals surface area (Å²) >= 11 is 0. The first-order valence-corrected chi connectivity index (χ1v) is 11.0. The summed E-state index contributed by atoms with van der Waals surface area (Å²) in [5.41, 5.74) is 2.85. The van der Waals surface area contributed by atoms with Crippen LogP contribution in [0.3, 0.4) is 0 Å². The Bertz CT molecular complexity index is 1190. The molecule has 0 aliphatic carbocycles. The zero-order valence-corrected chi connectivity index (χ0v) is 19.7. The Balaban J connectivity index is 1.64. The Morgan fingerprint density at radius 2 is 1.62 bits per heavy atom. The Labute approximate surface area is 198 Å². The van der Waals surface area contributed by atoms with Crippen LogP contribution in [0.25, 0.3) is 0 Å². The molecule has 1 aliphatic rings. The number of ether oxygens (including phenoxy) is 2. The van der Waals surface area contributed by atoms with E-state index in [-0.39, 0.29) is 11.6 Å². The summed E-state index contributed by atoms with van der Waals surface area (Å²) in [4.78, 5) is 32.0. The van der Waals surface area contributed by atoms with Crippen LogP contribution in [0.15, 0.2) is 60.7 Å². The molecule has 0 saturated carbocycles. The molecule has 8 nitrogen and oxygen atoms in total. The van der Waals surface area contributed by atoms with E-state index in [9.17, 15) is 9.59 Å². The fourth-order valence-electron chi connectivity index (χ4n) is 3.72. The van der Waals surface area contributed by atoms with Crippen molar-refractivity contribution in [1.29, 1.82) is 0 Å². The number of aromatic nitrogens is 1. The van der Waals surface area contributed by atoms with Crippen LogP contribution >= 0.6 is 0 Å². The number of rotatable bonds is 5. The number of pyridine rings is 1. The molecule has 0 atom stereocenters. The summed E-state index contributed by atoms with van der Waals surface area (Å²) in [5.74, 6) is 0.780. The molecule has 0 unspecified atom stereocenters. The number of carbonyl (C=O) groups is 2. The van der Waals surface area contributed by atoms with Crippen LogP contribution in [0.1, 0.15) is 42.4 Å². The predicted molar refractivity (Wildman–Crippen MR) is 130 cm³/mol. The van der Waals surface area contributed by atoms with Gasteiger partial charge in [0.05, 0.1) is 18.5 Å². The van der Waals surface area contributed by atoms with Crippen LogP contribution in [0, 0.1) is 0 Å². The van der Waals surface area contributed by atoms with Gasteiger partial charge in [0.15, 0.2) is 0 Å². The monoisotopic (exact) mass is 460 g/mol. The topological polar surface area (TPSA) is 92.8 Å². The highest BCUT2D eigenvalue weighted by molar-refractivity contribution is 5.95. The van der Waals surface area contributed by atoms with Crippen molar-refractivity contribution in [2.75, 3.05) is 17.7 Å². The third-order valence-electron chi connectivity index (χ3n) is 5.19. The summed E-state index contributed by atoms with van der Waals surface area (Å²) in [6, 6.07) is 18.5. The molecule has 0 radical (unpaired) electrons. The standard InChI is InChI=1S/C26H28N4O4/c1-26(2,3)34-25(32)27-19-13-21(24(31)30-15-17-9-5-6-10-18(17)16-30)29-23(14-19)28-20-11-7-8-12-22(20)33-4/h5-14H,15-16H2,1-4H3,(H2,27,28,29,32). The predicted octanol–water partition coefficient (Wildman–Crippen LogP) is 5.34. The number of benzene rings is 2. The molecule has 176 valence electrons. The van der Waals surface area contributed by atoms with Crippen LogP contribution in [-0.4, -0.2) is 34.6 Å². The maximum atomic E-state index is 13.4. The van der Waals surface area contributed by atoms with Gasteiger partial charge in [0.25, 0.3) is 5.91 Å². The highest BCUT2D eigenvalue weighted by Crippen LogP contribution is 2.29. The van der Waals surface area contributed by atoms with Crippen molar-refractivity contribution in [2.45, 2.75) is 39.5 Å². The lowest BCUT2D eigenvalue weighted by molar-refractivity contribution is 0.0634. The van der Waals surface area contributed by atoms with Crippen molar-refractivity contribution in [1.82, 2.24) is 9.88 Å². The molecule has 0 fully saturated rings. The smallest absolute Gasteiger partial charge is 0.412 e. The van der Waals surface area contributed by atoms with Gasteiger partial charge in [0.2, 0.25) is 0 Å². The molecular formula is C26H28N4O4. The maximum Gasteiger partial charge on any atom is 0.412 e. The summed E-state index contributed by atoms with van der Waals surface area (Å²) in [6.45, 7) is 6.38. The van der Waals surface area contributed by atoms with Crippen molar-refractivity contribution in [2.24, 2.45) is 0 Å². The molecule has 2 amide bonds. The van der Waals surface area contributed by atoms with Crippen LogP contribution in [0.2, 0.25) is 0 Å². The van der Waals surface area contributed by atoms with Gasteiger partial charge in [-0.1, -0.05) is 36.4 Å². The van der Waals surface area contributed by atoms with E-state index in [4.69, 9.17) is 9.47 Å². The number of hydrogen-bond donors (Lipinski definition) is 2. The lowest BCUT2D eigenvalue weighted by Gasteiger charge is -2.20. The first-order chi connectivity index (χ1) is 16.2. The lowest BCUT2D eigenvalue weighted by Crippen LogP contribution is -2.28. The molecule has 1 aliphatic heterocycles. The average Bonchev–Trinajstić information content (AvgIpc) is 3.21. The summed E-state index contributed by atoms with van der Waals surface area (Å²) < 4.78 is 10.8. The number of hydrogen-bond acceptors (Lipinski definition) is 6. The molecule has 2 aromatic carbocycles. The van der Waals surface area contributed by atoms with Gasteiger partial charge < -0.3 is 19.7 Å². The van der Waals surface area contributed by atoms with E-state index in [2.05, 4.69) is 15.6 Å². The van der Waals surface area contributed by atoms with Crippen LogP contribution in [-0.2, 0) is 17.8 Å². The van der Waals surface area contributed by atoms with Crippen LogP contribution in [0.5, 0.6) is 5.75 Å². The van der Waals surface area contributed by atoms with Crippen LogP contribution < -0.4 is 15.4 Å². The van der Waals surface area contributed by atoms with Gasteiger partial charge in [0.1, 0.15) is 22.9 Å². The minimum Gasteiger partial charge on any atom is -0.495 e. The number of fused-ring (bicyclic) bond motifs is 1. The Morgan fingerprint density at radius 1 is 0.971 bits per heavy atom. The van der Waals surface area contributed by atoms with E-state index >= 15 is 0 Å². The fourth-order valence-corrected chi connectivity index (χ4v) is 3.72. The normalized spacial score (nSPS) is 12.6. The molecule has 2 N–H and O–H groups in total. The number of para-hydroxylation sites is 2. The summed E-state index contributed by atoms with van der Waals surface area (Å²) in [7, 11) is 1.58. The van der Waals surface area contributed by atoms with Crippen molar-refractivity contribution in [3.8, 4) is 5.75 Å². The van der Waals surface area contributed by atoms with Crippen LogP contribution in [0.4, 0.5) is 22.0 Å². The number of methoxy groups -OCH3 is 1. The van der Waals surface area contributed by atoms with Gasteiger partial charge in [-0.05, 0) is 50.1 Å². The summed E-state index contributed by atoms with van der Waals surface area (Å²) in [6.07, 6.45) is -0.617. The molecule has 1 aromatic heterocycles. The lowest BCUT2D eigenvalue weighted by atomic mass is 10.1. The summed E-state index contributed by atoms with van der Waals surface area (Å²) in [5, 5.41) is 5.90. The molecule has 3 aromatic rings. The zero-order chi connectivity index (χ0) is 24.3. The van der Waals surface area contributed by atoms with E-state index in [0.717, 1.165) is 11.1 Å². The number of amides is 2. The first kappa shape index (κ1) is 23.1. The fraction of sp³-hybridized carbons (Fsp3) is 0.269. The second-order valence-electron chi connectivity index (χ2n) is 9.01. The van der Waals surface area contributed by atoms with Crippen molar-refractivity contribution in [3.63, 3.8) is 0 Å². The molecule has 0 spiro atoms. The largest absolute Gasteiger partial charge is 0.495 e. The van der Waals surface area contributed by atoms with Gasteiger partial charge in [-0.2, -0.15) is 0 Å². The minimum atomic E-state index is -0.657. The van der Waals surface area contributed by atoms with Crippen molar-refractivity contribution in [3.05, 3.63) is 77.5 Å².